The molecule has 1 amide bonds. The first-order valence-corrected chi connectivity index (χ1v) is 6.24. The lowest BCUT2D eigenvalue weighted by Crippen LogP contribution is -2.26. The van der Waals surface area contributed by atoms with Gasteiger partial charge in [0, 0.05) is 0 Å². The maximum Gasteiger partial charge on any atom is 0.423 e. The van der Waals surface area contributed by atoms with E-state index in [0.29, 0.717) is 0 Å². The van der Waals surface area contributed by atoms with Crippen molar-refractivity contribution in [2.24, 2.45) is 0 Å². The molecule has 0 fully saturated rings. The number of nitrogens with zero attached hydrogens (tertiary/aromatic N) is 1. The minimum absolute atomic E-state index is 0.0789. The zero-order chi connectivity index (χ0) is 19.6. The Bertz CT molecular complexity index is 713. The number of hydrogen-bond donors (Lipinski definition) is 1. The van der Waals surface area contributed by atoms with Crippen LogP contribution >= 0.6 is 0 Å². The van der Waals surface area contributed by atoms with E-state index in [-0.39, 0.29) is 12.7 Å². The predicted molar refractivity (Wildman–Crippen MR) is 68.4 cm³/mol. The van der Waals surface area contributed by atoms with E-state index in [2.05, 4.69) is 4.74 Å². The Morgan fingerprint density at radius 2 is 1.72 bits per heavy atom. The molecule has 0 saturated carbocycles. The molecule has 0 unspecified atom stereocenters. The van der Waals surface area contributed by atoms with E-state index < -0.39 is 57.7 Å². The van der Waals surface area contributed by atoms with Crippen LogP contribution in [0, 0.1) is 10.1 Å². The molecular weight excluding hydrogens is 366 g/mol. The third-order valence-corrected chi connectivity index (χ3v) is 2.63. The number of esters is 1. The number of amides is 1. The summed E-state index contributed by atoms with van der Waals surface area (Å²) in [6.07, 6.45) is -10.8. The van der Waals surface area contributed by atoms with Gasteiger partial charge in [0.25, 0.3) is 0 Å². The van der Waals surface area contributed by atoms with E-state index in [0.717, 1.165) is 0 Å². The maximum absolute atomic E-state index is 12.9. The van der Waals surface area contributed by atoms with E-state index in [9.17, 15) is 46.0 Å². The Balaban J connectivity index is 3.60. The molecule has 0 heterocycles. The van der Waals surface area contributed by atoms with Gasteiger partial charge in [-0.25, -0.2) is 4.79 Å². The van der Waals surface area contributed by atoms with Crippen molar-refractivity contribution >= 4 is 23.3 Å². The highest BCUT2D eigenvalue weighted by Crippen LogP contribution is 2.44. The van der Waals surface area contributed by atoms with Crippen LogP contribution in [0.1, 0.15) is 18.1 Å². The fraction of sp³-hybridized carbons (Fsp3) is 0.333. The fourth-order valence-electron chi connectivity index (χ4n) is 1.68. The lowest BCUT2D eigenvalue weighted by molar-refractivity contribution is -0.387. The summed E-state index contributed by atoms with van der Waals surface area (Å²) in [7, 11) is 0. The smallest absolute Gasteiger partial charge is 0.423 e. The molecule has 13 heteroatoms. The van der Waals surface area contributed by atoms with Crippen LogP contribution in [0.15, 0.2) is 12.1 Å². The molecule has 0 aliphatic rings. The SMILES string of the molecule is CCOC(=O)C(=O)Nc1cc(C(F)(F)F)cc(C(F)(F)F)c1[N+](=O)[O-]. The molecule has 0 atom stereocenters. The van der Waals surface area contributed by atoms with Crippen molar-refractivity contribution in [3.05, 3.63) is 33.4 Å². The third kappa shape index (κ3) is 4.81. The molecule has 1 aromatic carbocycles. The Kier molecular flexibility index (Phi) is 5.61. The number of anilines is 1. The number of rotatable bonds is 3. The van der Waals surface area contributed by atoms with Crippen LogP contribution in [-0.4, -0.2) is 23.4 Å². The van der Waals surface area contributed by atoms with Gasteiger partial charge in [-0.05, 0) is 19.1 Å². The van der Waals surface area contributed by atoms with E-state index >= 15 is 0 Å². The summed E-state index contributed by atoms with van der Waals surface area (Å²) in [6.45, 7) is 0.963. The molecular formula is C12H8F6N2O5. The van der Waals surface area contributed by atoms with Gasteiger partial charge in [-0.2, -0.15) is 26.3 Å². The molecule has 0 saturated heterocycles. The van der Waals surface area contributed by atoms with E-state index in [1.807, 2.05) is 0 Å². The lowest BCUT2D eigenvalue weighted by atomic mass is 10.1. The molecule has 0 aliphatic carbocycles. The zero-order valence-corrected chi connectivity index (χ0v) is 12.1. The Morgan fingerprint density at radius 1 is 1.16 bits per heavy atom. The van der Waals surface area contributed by atoms with Crippen molar-refractivity contribution in [3.8, 4) is 0 Å². The molecule has 0 bridgehead atoms. The second-order valence-electron chi connectivity index (χ2n) is 4.35. The Labute approximate surface area is 134 Å². The van der Waals surface area contributed by atoms with Crippen LogP contribution < -0.4 is 5.32 Å². The molecule has 0 aromatic heterocycles. The van der Waals surface area contributed by atoms with Crippen molar-refractivity contribution in [2.45, 2.75) is 19.3 Å². The summed E-state index contributed by atoms with van der Waals surface area (Å²) < 4.78 is 81.1. The van der Waals surface area contributed by atoms with Gasteiger partial charge in [0.05, 0.1) is 17.1 Å². The number of carbonyl (C=O) groups excluding carboxylic acids is 2. The number of ether oxygens (including phenoxy) is 1. The molecule has 0 aliphatic heterocycles. The molecule has 138 valence electrons. The molecule has 0 spiro atoms. The van der Waals surface area contributed by atoms with Gasteiger partial charge in [-0.15, -0.1) is 0 Å². The Morgan fingerprint density at radius 3 is 2.12 bits per heavy atom. The van der Waals surface area contributed by atoms with Crippen LogP contribution in [0.3, 0.4) is 0 Å². The largest absolute Gasteiger partial charge is 0.459 e. The van der Waals surface area contributed by atoms with Gasteiger partial charge in [0.15, 0.2) is 0 Å². The fourth-order valence-corrected chi connectivity index (χ4v) is 1.68. The minimum atomic E-state index is -5.52. The van der Waals surface area contributed by atoms with Gasteiger partial charge in [-0.1, -0.05) is 0 Å². The second kappa shape index (κ2) is 6.94. The predicted octanol–water partition coefficient (Wildman–Crippen LogP) is 3.13. The van der Waals surface area contributed by atoms with Crippen molar-refractivity contribution in [1.82, 2.24) is 0 Å². The van der Waals surface area contributed by atoms with Crippen LogP contribution in [0.2, 0.25) is 0 Å². The number of nitrogens with one attached hydrogen (secondary N) is 1. The number of halogens is 6. The van der Waals surface area contributed by atoms with Gasteiger partial charge < -0.3 is 10.1 Å². The monoisotopic (exact) mass is 374 g/mol. The van der Waals surface area contributed by atoms with Crippen molar-refractivity contribution in [2.75, 3.05) is 11.9 Å². The van der Waals surface area contributed by atoms with Gasteiger partial charge >= 0.3 is 29.9 Å². The van der Waals surface area contributed by atoms with Crippen LogP contribution in [0.25, 0.3) is 0 Å². The van der Waals surface area contributed by atoms with Crippen LogP contribution in [0.5, 0.6) is 0 Å². The summed E-state index contributed by atoms with van der Waals surface area (Å²) in [6, 6.07) is -0.539. The molecule has 1 N–H and O–H groups in total. The quantitative estimate of drug-likeness (QED) is 0.288. The summed E-state index contributed by atoms with van der Waals surface area (Å²) >= 11 is 0. The highest BCUT2D eigenvalue weighted by atomic mass is 19.4. The number of nitro groups is 1. The van der Waals surface area contributed by atoms with E-state index in [1.165, 1.54) is 12.2 Å². The average Bonchev–Trinajstić information content (AvgIpc) is 2.44. The normalized spacial score (nSPS) is 11.8. The first kappa shape index (κ1) is 20.2. The number of nitro benzene ring substituents is 1. The summed E-state index contributed by atoms with van der Waals surface area (Å²) in [5, 5.41) is 12.2. The number of benzene rings is 1. The highest BCUT2D eigenvalue weighted by molar-refractivity contribution is 6.37. The summed E-state index contributed by atoms with van der Waals surface area (Å²) in [5.74, 6) is -3.40. The second-order valence-corrected chi connectivity index (χ2v) is 4.35. The van der Waals surface area contributed by atoms with E-state index in [4.69, 9.17) is 0 Å². The third-order valence-electron chi connectivity index (χ3n) is 2.63. The van der Waals surface area contributed by atoms with Crippen molar-refractivity contribution in [3.63, 3.8) is 0 Å². The van der Waals surface area contributed by atoms with E-state index in [1.54, 1.807) is 0 Å². The molecule has 25 heavy (non-hydrogen) atoms. The van der Waals surface area contributed by atoms with Gasteiger partial charge in [-0.3, -0.25) is 14.9 Å². The van der Waals surface area contributed by atoms with Crippen LogP contribution in [0.4, 0.5) is 37.7 Å². The maximum atomic E-state index is 12.9. The molecule has 0 radical (unpaired) electrons. The topological polar surface area (TPSA) is 98.5 Å². The number of carbonyl (C=O) groups is 2. The minimum Gasteiger partial charge on any atom is -0.459 e. The van der Waals surface area contributed by atoms with Gasteiger partial charge in [0.2, 0.25) is 0 Å². The number of hydrogen-bond acceptors (Lipinski definition) is 5. The number of alkyl halides is 6. The van der Waals surface area contributed by atoms with Crippen LogP contribution in [-0.2, 0) is 26.7 Å². The zero-order valence-electron chi connectivity index (χ0n) is 12.1. The summed E-state index contributed by atoms with van der Waals surface area (Å²) in [4.78, 5) is 31.8. The average molecular weight is 374 g/mol. The van der Waals surface area contributed by atoms with Gasteiger partial charge in [0.1, 0.15) is 11.3 Å². The molecule has 1 aromatic rings. The first-order valence-electron chi connectivity index (χ1n) is 6.24. The first-order chi connectivity index (χ1) is 11.3. The molecule has 1 rings (SSSR count). The Hall–Kier alpha value is -2.86. The van der Waals surface area contributed by atoms with Crippen molar-refractivity contribution in [1.29, 1.82) is 0 Å². The standard InChI is InChI=1S/C12H8F6N2O5/c1-2-25-10(22)9(21)19-7-4-5(11(13,14)15)3-6(12(16,17)18)8(7)20(23)24/h3-4H,2H2,1H3,(H,19,21). The lowest BCUT2D eigenvalue weighted by Gasteiger charge is -2.15. The molecule has 7 nitrogen and oxygen atoms in total. The summed E-state index contributed by atoms with van der Waals surface area (Å²) in [5.41, 5.74) is -7.40. The van der Waals surface area contributed by atoms with Crippen molar-refractivity contribution < 1.29 is 45.6 Å². The highest BCUT2D eigenvalue weighted by Gasteiger charge is 2.44.